The van der Waals surface area contributed by atoms with Crippen LogP contribution in [-0.4, -0.2) is 21.5 Å². The van der Waals surface area contributed by atoms with Crippen molar-refractivity contribution in [3.05, 3.63) is 247 Å². The van der Waals surface area contributed by atoms with Gasteiger partial charge in [0.25, 0.3) is 0 Å². The zero-order chi connectivity index (χ0) is 42.8. The quantitative estimate of drug-likeness (QED) is 0.153. The molecule has 0 aliphatic carbocycles. The third-order valence-electron chi connectivity index (χ3n) is 12.2. The molecule has 10 aromatic rings. The van der Waals surface area contributed by atoms with Crippen LogP contribution in [-0.2, 0) is 0 Å². The molecule has 64 heavy (non-hydrogen) atoms. The zero-order valence-electron chi connectivity index (χ0n) is 35.4. The number of rotatable bonds is 8. The first-order chi connectivity index (χ1) is 31.6. The first-order valence-electron chi connectivity index (χ1n) is 21.7. The van der Waals surface area contributed by atoms with Crippen molar-refractivity contribution < 1.29 is 0 Å². The predicted molar refractivity (Wildman–Crippen MR) is 267 cm³/mol. The second kappa shape index (κ2) is 16.8. The summed E-state index contributed by atoms with van der Waals surface area (Å²) in [6.07, 6.45) is 4.54. The van der Waals surface area contributed by atoms with Gasteiger partial charge in [-0.3, -0.25) is 9.97 Å². The van der Waals surface area contributed by atoms with Crippen molar-refractivity contribution in [3.8, 4) is 55.9 Å². The summed E-state index contributed by atoms with van der Waals surface area (Å²) >= 11 is 0. The molecule has 0 N–H and O–H groups in total. The number of amidine groups is 1. The Bertz CT molecular complexity index is 3300. The molecule has 4 heteroatoms. The third-order valence-corrected chi connectivity index (χ3v) is 12.2. The van der Waals surface area contributed by atoms with Gasteiger partial charge in [0.2, 0.25) is 0 Å². The summed E-state index contributed by atoms with van der Waals surface area (Å²) in [7, 11) is 0. The van der Waals surface area contributed by atoms with Crippen molar-refractivity contribution in [2.24, 2.45) is 9.98 Å². The Labute approximate surface area is 373 Å². The van der Waals surface area contributed by atoms with Crippen molar-refractivity contribution >= 4 is 38.8 Å². The van der Waals surface area contributed by atoms with Gasteiger partial charge in [-0.15, -0.1) is 0 Å². The molecule has 1 aliphatic rings. The van der Waals surface area contributed by atoms with E-state index in [1.54, 1.807) is 0 Å². The summed E-state index contributed by atoms with van der Waals surface area (Å²) in [4.78, 5) is 20.5. The molecule has 3 heterocycles. The lowest BCUT2D eigenvalue weighted by Gasteiger charge is -2.15. The molecule has 0 fully saturated rings. The SMILES string of the molecule is CC1=C(c2ccccc2-c2ccccc2)N=C(c2ccccc2)N=C(c2cc(-c3ccc(-c4cc5ccccc5cn4)cc3)cc(-c3ccc(-c4cc5ccccc5cn4)cc3)c2)C1. The molecule has 0 amide bonds. The maximum absolute atomic E-state index is 5.48. The van der Waals surface area contributed by atoms with E-state index in [0.717, 1.165) is 100 Å². The lowest BCUT2D eigenvalue weighted by molar-refractivity contribution is 1.25. The first-order valence-corrected chi connectivity index (χ1v) is 21.7. The van der Waals surface area contributed by atoms with E-state index < -0.39 is 0 Å². The normalized spacial score (nSPS) is 12.8. The number of allylic oxidation sites excluding steroid dienone is 1. The molecule has 2 aromatic heterocycles. The van der Waals surface area contributed by atoms with Crippen LogP contribution in [0.4, 0.5) is 0 Å². The van der Waals surface area contributed by atoms with Crippen molar-refractivity contribution in [2.45, 2.75) is 13.3 Å². The fraction of sp³-hybridized carbons (Fsp3) is 0.0333. The van der Waals surface area contributed by atoms with Crippen molar-refractivity contribution in [3.63, 3.8) is 0 Å². The van der Waals surface area contributed by atoms with E-state index >= 15 is 0 Å². The lowest BCUT2D eigenvalue weighted by atomic mass is 9.90. The molecule has 11 rings (SSSR count). The largest absolute Gasteiger partial charge is 0.256 e. The minimum absolute atomic E-state index is 0.625. The summed E-state index contributed by atoms with van der Waals surface area (Å²) in [6.45, 7) is 2.20. The highest BCUT2D eigenvalue weighted by Crippen LogP contribution is 2.37. The topological polar surface area (TPSA) is 50.5 Å². The van der Waals surface area contributed by atoms with Crippen LogP contribution in [0.3, 0.4) is 0 Å². The van der Waals surface area contributed by atoms with E-state index in [1.807, 2.05) is 18.5 Å². The van der Waals surface area contributed by atoms with Gasteiger partial charge in [-0.25, -0.2) is 9.98 Å². The maximum atomic E-state index is 5.48. The lowest BCUT2D eigenvalue weighted by Crippen LogP contribution is -2.06. The van der Waals surface area contributed by atoms with Gasteiger partial charge in [0.1, 0.15) is 0 Å². The van der Waals surface area contributed by atoms with Crippen molar-refractivity contribution in [1.82, 2.24) is 9.97 Å². The van der Waals surface area contributed by atoms with Gasteiger partial charge in [-0.1, -0.05) is 182 Å². The van der Waals surface area contributed by atoms with Crippen LogP contribution in [0.5, 0.6) is 0 Å². The standard InChI is InChI=1S/C60H42N4/c1-40-32-58(63-60(46-16-6-3-7-17-46)64-59(40)55-23-13-12-22-54(55)43-14-4-2-5-15-43)53-34-51(41-24-28-44(29-25-41)56-36-47-18-8-10-20-49(47)38-61-56)33-52(35-53)42-26-30-45(31-27-42)57-37-48-19-9-11-21-50(48)39-62-57/h2-31,33-39H,32H2,1H3. The number of nitrogens with zero attached hydrogens (tertiary/aromatic N) is 4. The Morgan fingerprint density at radius 3 is 1.31 bits per heavy atom. The van der Waals surface area contributed by atoms with E-state index in [-0.39, 0.29) is 0 Å². The average molecular weight is 819 g/mol. The molecule has 0 saturated carbocycles. The second-order valence-corrected chi connectivity index (χ2v) is 16.4. The Morgan fingerprint density at radius 2 is 0.766 bits per heavy atom. The highest BCUT2D eigenvalue weighted by atomic mass is 14.9. The number of hydrogen-bond acceptors (Lipinski definition) is 4. The van der Waals surface area contributed by atoms with E-state index in [2.05, 4.69) is 213 Å². The Balaban J connectivity index is 1.03. The minimum Gasteiger partial charge on any atom is -0.256 e. The van der Waals surface area contributed by atoms with Gasteiger partial charge in [0.05, 0.1) is 22.8 Å². The number of fused-ring (bicyclic) bond motifs is 2. The second-order valence-electron chi connectivity index (χ2n) is 16.4. The highest BCUT2D eigenvalue weighted by molar-refractivity contribution is 6.16. The summed E-state index contributed by atoms with van der Waals surface area (Å²) in [5.74, 6) is 0.691. The van der Waals surface area contributed by atoms with Gasteiger partial charge in [0, 0.05) is 51.8 Å². The van der Waals surface area contributed by atoms with Gasteiger partial charge in [-0.2, -0.15) is 0 Å². The summed E-state index contributed by atoms with van der Waals surface area (Å²) in [5, 5.41) is 4.62. The van der Waals surface area contributed by atoms with E-state index in [0.29, 0.717) is 12.3 Å². The molecular weight excluding hydrogens is 777 g/mol. The van der Waals surface area contributed by atoms with Crippen LogP contribution in [0.2, 0.25) is 0 Å². The van der Waals surface area contributed by atoms with Gasteiger partial charge in [0.15, 0.2) is 5.84 Å². The van der Waals surface area contributed by atoms with E-state index in [9.17, 15) is 0 Å². The number of aromatic nitrogens is 2. The van der Waals surface area contributed by atoms with Gasteiger partial charge >= 0.3 is 0 Å². The molecule has 302 valence electrons. The smallest absolute Gasteiger partial charge is 0.160 e. The van der Waals surface area contributed by atoms with Crippen LogP contribution in [0.1, 0.15) is 30.0 Å². The maximum Gasteiger partial charge on any atom is 0.160 e. The average Bonchev–Trinajstić information content (AvgIpc) is 3.55. The Morgan fingerprint density at radius 1 is 0.328 bits per heavy atom. The molecule has 1 aliphatic heterocycles. The first kappa shape index (κ1) is 38.6. The fourth-order valence-electron chi connectivity index (χ4n) is 8.74. The monoisotopic (exact) mass is 818 g/mol. The molecule has 4 nitrogen and oxygen atoms in total. The van der Waals surface area contributed by atoms with Crippen LogP contribution in [0.15, 0.2) is 240 Å². The Kier molecular flexibility index (Phi) is 10.2. The molecular formula is C60H42N4. The van der Waals surface area contributed by atoms with Crippen LogP contribution in [0.25, 0.3) is 83.1 Å². The molecule has 0 bridgehead atoms. The van der Waals surface area contributed by atoms with E-state index in [1.165, 1.54) is 10.8 Å². The highest BCUT2D eigenvalue weighted by Gasteiger charge is 2.21. The molecule has 0 spiro atoms. The van der Waals surface area contributed by atoms with Gasteiger partial charge < -0.3 is 0 Å². The van der Waals surface area contributed by atoms with Crippen LogP contribution >= 0.6 is 0 Å². The summed E-state index contributed by atoms with van der Waals surface area (Å²) < 4.78 is 0. The van der Waals surface area contributed by atoms with Crippen molar-refractivity contribution in [1.29, 1.82) is 0 Å². The molecule has 8 aromatic carbocycles. The molecule has 0 saturated heterocycles. The number of pyridine rings is 2. The van der Waals surface area contributed by atoms with Crippen LogP contribution < -0.4 is 0 Å². The number of benzene rings is 8. The fourth-order valence-corrected chi connectivity index (χ4v) is 8.74. The van der Waals surface area contributed by atoms with E-state index in [4.69, 9.17) is 20.0 Å². The molecule has 0 radical (unpaired) electrons. The summed E-state index contributed by atoms with van der Waals surface area (Å²) in [6, 6.07) is 75.0. The zero-order valence-corrected chi connectivity index (χ0v) is 35.4. The van der Waals surface area contributed by atoms with Crippen LogP contribution in [0, 0.1) is 0 Å². The predicted octanol–water partition coefficient (Wildman–Crippen LogP) is 15.2. The van der Waals surface area contributed by atoms with Crippen molar-refractivity contribution in [2.75, 3.05) is 0 Å². The molecule has 0 atom stereocenters. The van der Waals surface area contributed by atoms with Gasteiger partial charge in [-0.05, 0) is 92.5 Å². The Hall–Kier alpha value is -8.34. The number of aliphatic imine (C=N–C) groups is 2. The third kappa shape index (κ3) is 7.74. The number of hydrogen-bond donors (Lipinski definition) is 0. The molecule has 0 unspecified atom stereocenters. The minimum atomic E-state index is 0.625. The summed E-state index contributed by atoms with van der Waals surface area (Å²) in [5.41, 5.74) is 17.0.